The lowest BCUT2D eigenvalue weighted by Crippen LogP contribution is -2.30. The molecule has 0 heterocycles. The predicted octanol–water partition coefficient (Wildman–Crippen LogP) is 3.47. The Balaban J connectivity index is 3.15. The molecule has 2 N–H and O–H groups in total. The first kappa shape index (κ1) is 16.2. The molecule has 0 saturated carbocycles. The monoisotopic (exact) mass is 262 g/mol. The zero-order chi connectivity index (χ0) is 14.6. The van der Waals surface area contributed by atoms with Crippen LogP contribution in [0.2, 0.25) is 0 Å². The van der Waals surface area contributed by atoms with Gasteiger partial charge in [0, 0.05) is 12.6 Å². The smallest absolute Gasteiger partial charge is 0.0449 e. The maximum atomic E-state index is 3.43. The van der Waals surface area contributed by atoms with Crippen LogP contribution < -0.4 is 10.6 Å². The van der Waals surface area contributed by atoms with Crippen LogP contribution in [0.15, 0.2) is 12.1 Å². The van der Waals surface area contributed by atoms with Crippen LogP contribution in [0.3, 0.4) is 0 Å². The molecular formula is C17H30N2. The van der Waals surface area contributed by atoms with Gasteiger partial charge in [0.1, 0.15) is 0 Å². The molecule has 1 atom stereocenters. The van der Waals surface area contributed by atoms with Crippen molar-refractivity contribution in [3.63, 3.8) is 0 Å². The average Bonchev–Trinajstić information content (AvgIpc) is 2.31. The predicted molar refractivity (Wildman–Crippen MR) is 85.0 cm³/mol. The minimum Gasteiger partial charge on any atom is -0.315 e. The number of hydrogen-bond acceptors (Lipinski definition) is 2. The molecule has 1 rings (SSSR count). The van der Waals surface area contributed by atoms with E-state index >= 15 is 0 Å². The van der Waals surface area contributed by atoms with Gasteiger partial charge in [0.15, 0.2) is 0 Å². The van der Waals surface area contributed by atoms with E-state index in [1.807, 2.05) is 7.05 Å². The molecule has 2 heteroatoms. The molecule has 0 aromatic heterocycles. The highest BCUT2D eigenvalue weighted by atomic mass is 15.0. The Hall–Kier alpha value is -0.860. The molecule has 1 aromatic rings. The van der Waals surface area contributed by atoms with Gasteiger partial charge in [-0.2, -0.15) is 0 Å². The highest BCUT2D eigenvalue weighted by molar-refractivity contribution is 5.42. The number of benzene rings is 1. The van der Waals surface area contributed by atoms with Gasteiger partial charge in [-0.3, -0.25) is 0 Å². The van der Waals surface area contributed by atoms with Gasteiger partial charge in [0.2, 0.25) is 0 Å². The fraction of sp³-hybridized carbons (Fsp3) is 0.647. The normalized spacial score (nSPS) is 13.6. The topological polar surface area (TPSA) is 24.1 Å². The first-order valence-electron chi connectivity index (χ1n) is 7.30. The maximum Gasteiger partial charge on any atom is 0.0449 e. The molecule has 0 fully saturated rings. The molecule has 1 unspecified atom stereocenters. The van der Waals surface area contributed by atoms with Crippen LogP contribution in [-0.4, -0.2) is 20.1 Å². The van der Waals surface area contributed by atoms with Crippen molar-refractivity contribution in [1.29, 1.82) is 0 Å². The van der Waals surface area contributed by atoms with Crippen molar-refractivity contribution < 1.29 is 0 Å². The van der Waals surface area contributed by atoms with E-state index in [0.717, 1.165) is 13.1 Å². The van der Waals surface area contributed by atoms with Gasteiger partial charge in [0.05, 0.1) is 0 Å². The summed E-state index contributed by atoms with van der Waals surface area (Å²) in [7, 11) is 2.04. The van der Waals surface area contributed by atoms with E-state index < -0.39 is 0 Å². The van der Waals surface area contributed by atoms with Crippen molar-refractivity contribution >= 4 is 0 Å². The van der Waals surface area contributed by atoms with Crippen LogP contribution in [0.25, 0.3) is 0 Å². The third kappa shape index (κ3) is 4.05. The Morgan fingerprint density at radius 3 is 2.00 bits per heavy atom. The maximum absolute atomic E-state index is 3.43. The van der Waals surface area contributed by atoms with Crippen LogP contribution in [0, 0.1) is 13.8 Å². The second kappa shape index (κ2) is 6.53. The molecule has 2 nitrogen and oxygen atoms in total. The number of hydrogen-bond donors (Lipinski definition) is 2. The van der Waals surface area contributed by atoms with Crippen molar-refractivity contribution in [2.75, 3.05) is 20.1 Å². The van der Waals surface area contributed by atoms with Crippen LogP contribution in [-0.2, 0) is 5.41 Å². The summed E-state index contributed by atoms with van der Waals surface area (Å²) in [5, 5.41) is 6.87. The summed E-state index contributed by atoms with van der Waals surface area (Å²) in [6.45, 7) is 15.4. The Labute approximate surface area is 119 Å². The van der Waals surface area contributed by atoms with Gasteiger partial charge in [-0.15, -0.1) is 0 Å². The molecule has 19 heavy (non-hydrogen) atoms. The molecule has 0 spiro atoms. The van der Waals surface area contributed by atoms with Crippen molar-refractivity contribution in [2.24, 2.45) is 0 Å². The lowest BCUT2D eigenvalue weighted by Gasteiger charge is -2.26. The summed E-state index contributed by atoms with van der Waals surface area (Å²) in [5.74, 6) is 0. The zero-order valence-corrected chi connectivity index (χ0v) is 13.6. The highest BCUT2D eigenvalue weighted by Gasteiger charge is 2.19. The van der Waals surface area contributed by atoms with Crippen LogP contribution in [0.4, 0.5) is 0 Å². The summed E-state index contributed by atoms with van der Waals surface area (Å²) in [6.07, 6.45) is 0. The number of nitrogens with one attached hydrogen (secondary N) is 2. The van der Waals surface area contributed by atoms with E-state index in [9.17, 15) is 0 Å². The molecule has 0 aliphatic heterocycles. The standard InChI is InChI=1S/C17H30N2/c1-8-19-11-15(18-7)16-12(2)9-14(10-13(16)3)17(4,5)6/h9-10,15,18-19H,8,11H2,1-7H3. The van der Waals surface area contributed by atoms with Crippen LogP contribution >= 0.6 is 0 Å². The van der Waals surface area contributed by atoms with Crippen LogP contribution in [0.1, 0.15) is 56.0 Å². The quantitative estimate of drug-likeness (QED) is 0.849. The third-order valence-electron chi connectivity index (χ3n) is 3.76. The molecule has 0 aliphatic carbocycles. The molecular weight excluding hydrogens is 232 g/mol. The van der Waals surface area contributed by atoms with Crippen molar-refractivity contribution in [3.05, 3.63) is 34.4 Å². The van der Waals surface area contributed by atoms with E-state index in [0.29, 0.717) is 6.04 Å². The Morgan fingerprint density at radius 2 is 1.63 bits per heavy atom. The highest BCUT2D eigenvalue weighted by Crippen LogP contribution is 2.29. The zero-order valence-electron chi connectivity index (χ0n) is 13.6. The Bertz CT molecular complexity index is 393. The lowest BCUT2D eigenvalue weighted by molar-refractivity contribution is 0.532. The molecule has 0 radical (unpaired) electrons. The summed E-state index contributed by atoms with van der Waals surface area (Å²) in [4.78, 5) is 0. The summed E-state index contributed by atoms with van der Waals surface area (Å²) in [6, 6.07) is 5.08. The van der Waals surface area contributed by atoms with Gasteiger partial charge in [-0.25, -0.2) is 0 Å². The molecule has 0 aliphatic rings. The minimum atomic E-state index is 0.213. The molecule has 0 bridgehead atoms. The largest absolute Gasteiger partial charge is 0.315 e. The van der Waals surface area contributed by atoms with E-state index in [-0.39, 0.29) is 5.41 Å². The van der Waals surface area contributed by atoms with Gasteiger partial charge in [-0.1, -0.05) is 39.8 Å². The van der Waals surface area contributed by atoms with Crippen molar-refractivity contribution in [2.45, 2.75) is 53.0 Å². The van der Waals surface area contributed by atoms with E-state index in [4.69, 9.17) is 0 Å². The van der Waals surface area contributed by atoms with Crippen LogP contribution in [0.5, 0.6) is 0 Å². The summed E-state index contributed by atoms with van der Waals surface area (Å²) < 4.78 is 0. The Kier molecular flexibility index (Phi) is 5.57. The van der Waals surface area contributed by atoms with Gasteiger partial charge >= 0.3 is 0 Å². The Morgan fingerprint density at radius 1 is 1.11 bits per heavy atom. The van der Waals surface area contributed by atoms with E-state index in [1.165, 1.54) is 22.3 Å². The number of aryl methyl sites for hydroxylation is 2. The van der Waals surface area contributed by atoms with E-state index in [2.05, 4.69) is 64.3 Å². The first-order valence-corrected chi connectivity index (χ1v) is 7.30. The van der Waals surface area contributed by atoms with Gasteiger partial charge in [0.25, 0.3) is 0 Å². The lowest BCUT2D eigenvalue weighted by atomic mass is 9.82. The van der Waals surface area contributed by atoms with Gasteiger partial charge < -0.3 is 10.6 Å². The molecule has 108 valence electrons. The summed E-state index contributed by atoms with van der Waals surface area (Å²) in [5.41, 5.74) is 5.86. The van der Waals surface area contributed by atoms with E-state index in [1.54, 1.807) is 0 Å². The fourth-order valence-electron chi connectivity index (χ4n) is 2.59. The number of rotatable bonds is 5. The third-order valence-corrected chi connectivity index (χ3v) is 3.76. The minimum absolute atomic E-state index is 0.213. The fourth-order valence-corrected chi connectivity index (χ4v) is 2.59. The summed E-state index contributed by atoms with van der Waals surface area (Å²) >= 11 is 0. The first-order chi connectivity index (χ1) is 8.81. The molecule has 0 saturated heterocycles. The SMILES string of the molecule is CCNCC(NC)c1c(C)cc(C(C)(C)C)cc1C. The second-order valence-electron chi connectivity index (χ2n) is 6.42. The van der Waals surface area contributed by atoms with Crippen molar-refractivity contribution in [1.82, 2.24) is 10.6 Å². The second-order valence-corrected chi connectivity index (χ2v) is 6.42. The molecule has 1 aromatic carbocycles. The van der Waals surface area contributed by atoms with Crippen molar-refractivity contribution in [3.8, 4) is 0 Å². The average molecular weight is 262 g/mol. The number of likely N-dealkylation sites (N-methyl/N-ethyl adjacent to an activating group) is 2. The molecule has 0 amide bonds. The van der Waals surface area contributed by atoms with Gasteiger partial charge in [-0.05, 0) is 55.1 Å².